The fraction of sp³-hybridized carbons (Fsp3) is 0.400. The number of aromatic nitrogens is 5. The highest BCUT2D eigenvalue weighted by atomic mass is 16.5. The van der Waals surface area contributed by atoms with Crippen molar-refractivity contribution in [2.24, 2.45) is 7.05 Å². The van der Waals surface area contributed by atoms with E-state index in [1.807, 2.05) is 0 Å². The van der Waals surface area contributed by atoms with E-state index in [0.717, 1.165) is 0 Å². The second-order valence-electron chi connectivity index (χ2n) is 3.61. The lowest BCUT2D eigenvalue weighted by molar-refractivity contribution is 0.347. The summed E-state index contributed by atoms with van der Waals surface area (Å²) in [5, 5.41) is 3.94. The highest BCUT2D eigenvalue weighted by Crippen LogP contribution is 2.06. The van der Waals surface area contributed by atoms with Crippen molar-refractivity contribution in [3.63, 3.8) is 0 Å². The maximum Gasteiger partial charge on any atom is 0.299 e. The number of hydrogen-bond donors (Lipinski definition) is 0. The van der Waals surface area contributed by atoms with Crippen molar-refractivity contribution in [2.45, 2.75) is 13.5 Å². The van der Waals surface area contributed by atoms with Gasteiger partial charge in [0, 0.05) is 18.8 Å². The first kappa shape index (κ1) is 11.3. The molecule has 0 aliphatic carbocycles. The number of methoxy groups -OCH3 is 1. The van der Waals surface area contributed by atoms with Gasteiger partial charge >= 0.3 is 0 Å². The predicted octanol–water partition coefficient (Wildman–Crippen LogP) is -0.263. The molecule has 0 atom stereocenters. The van der Waals surface area contributed by atoms with Gasteiger partial charge in [0.25, 0.3) is 11.6 Å². The molecule has 2 aromatic heterocycles. The van der Waals surface area contributed by atoms with E-state index in [9.17, 15) is 4.79 Å². The van der Waals surface area contributed by atoms with Crippen LogP contribution in [-0.2, 0) is 13.6 Å². The summed E-state index contributed by atoms with van der Waals surface area (Å²) in [7, 11) is 3.25. The first-order chi connectivity index (χ1) is 8.11. The summed E-state index contributed by atoms with van der Waals surface area (Å²) in [5.41, 5.74) is 0.457. The standard InChI is InChI=1S/C10H13N5O2/c1-7-4-9(16)15(10(13-7)17-3)5-8-11-6-12-14(8)2/h4,6H,5H2,1-3H3. The molecule has 0 spiro atoms. The molecule has 0 aliphatic heterocycles. The molecule has 17 heavy (non-hydrogen) atoms. The van der Waals surface area contributed by atoms with Crippen molar-refractivity contribution in [3.05, 3.63) is 34.3 Å². The lowest BCUT2D eigenvalue weighted by Crippen LogP contribution is -2.24. The zero-order valence-corrected chi connectivity index (χ0v) is 9.91. The van der Waals surface area contributed by atoms with Crippen molar-refractivity contribution in [3.8, 4) is 6.01 Å². The van der Waals surface area contributed by atoms with E-state index in [0.29, 0.717) is 11.5 Å². The Bertz CT molecular complexity index is 587. The Balaban J connectivity index is 2.45. The molecule has 2 rings (SSSR count). The van der Waals surface area contributed by atoms with Gasteiger partial charge in [0.05, 0.1) is 13.7 Å². The van der Waals surface area contributed by atoms with Gasteiger partial charge in [-0.25, -0.2) is 9.97 Å². The molecule has 0 bridgehead atoms. The molecule has 0 N–H and O–H groups in total. The van der Waals surface area contributed by atoms with Crippen LogP contribution < -0.4 is 10.3 Å². The molecule has 2 heterocycles. The zero-order chi connectivity index (χ0) is 12.4. The van der Waals surface area contributed by atoms with Crippen LogP contribution in [0.4, 0.5) is 0 Å². The number of hydrogen-bond acceptors (Lipinski definition) is 5. The fourth-order valence-corrected chi connectivity index (χ4v) is 1.50. The van der Waals surface area contributed by atoms with Gasteiger partial charge < -0.3 is 4.74 Å². The molecule has 7 heteroatoms. The van der Waals surface area contributed by atoms with Crippen molar-refractivity contribution in [2.75, 3.05) is 7.11 Å². The van der Waals surface area contributed by atoms with E-state index in [4.69, 9.17) is 4.74 Å². The summed E-state index contributed by atoms with van der Waals surface area (Å²) in [6.45, 7) is 2.03. The maximum atomic E-state index is 11.8. The Hall–Kier alpha value is -2.18. The Labute approximate surface area is 97.7 Å². The topological polar surface area (TPSA) is 74.8 Å². The quantitative estimate of drug-likeness (QED) is 0.732. The van der Waals surface area contributed by atoms with Gasteiger partial charge in [-0.15, -0.1) is 0 Å². The molecule has 0 radical (unpaired) electrons. The molecule has 0 amide bonds. The van der Waals surface area contributed by atoms with Gasteiger partial charge in [0.15, 0.2) is 0 Å². The van der Waals surface area contributed by atoms with Gasteiger partial charge in [-0.1, -0.05) is 0 Å². The third-order valence-corrected chi connectivity index (χ3v) is 2.39. The van der Waals surface area contributed by atoms with Gasteiger partial charge in [-0.3, -0.25) is 14.0 Å². The fourth-order valence-electron chi connectivity index (χ4n) is 1.50. The summed E-state index contributed by atoms with van der Waals surface area (Å²) >= 11 is 0. The van der Waals surface area contributed by atoms with Crippen LogP contribution in [0.3, 0.4) is 0 Å². The molecule has 7 nitrogen and oxygen atoms in total. The largest absolute Gasteiger partial charge is 0.468 e. The summed E-state index contributed by atoms with van der Waals surface area (Å²) in [5.74, 6) is 0.663. The average molecular weight is 235 g/mol. The van der Waals surface area contributed by atoms with Crippen LogP contribution in [0, 0.1) is 6.92 Å². The van der Waals surface area contributed by atoms with E-state index in [-0.39, 0.29) is 18.1 Å². The normalized spacial score (nSPS) is 10.5. The third kappa shape index (κ3) is 2.17. The molecule has 0 unspecified atom stereocenters. The van der Waals surface area contributed by atoms with E-state index in [2.05, 4.69) is 15.1 Å². The summed E-state index contributed by atoms with van der Waals surface area (Å²) in [4.78, 5) is 20.0. The lowest BCUT2D eigenvalue weighted by Gasteiger charge is -2.10. The van der Waals surface area contributed by atoms with Gasteiger partial charge in [-0.2, -0.15) is 5.10 Å². The van der Waals surface area contributed by atoms with Crippen LogP contribution in [0.25, 0.3) is 0 Å². The highest BCUT2D eigenvalue weighted by molar-refractivity contribution is 5.08. The Morgan fingerprint density at radius 1 is 1.47 bits per heavy atom. The second-order valence-corrected chi connectivity index (χ2v) is 3.61. The lowest BCUT2D eigenvalue weighted by atomic mass is 10.4. The van der Waals surface area contributed by atoms with Crippen LogP contribution in [0.15, 0.2) is 17.2 Å². The van der Waals surface area contributed by atoms with E-state index < -0.39 is 0 Å². The highest BCUT2D eigenvalue weighted by Gasteiger charge is 2.10. The van der Waals surface area contributed by atoms with Crippen LogP contribution in [0.5, 0.6) is 6.01 Å². The van der Waals surface area contributed by atoms with Gasteiger partial charge in [0.1, 0.15) is 12.2 Å². The number of nitrogens with zero attached hydrogens (tertiary/aromatic N) is 5. The van der Waals surface area contributed by atoms with Crippen LogP contribution >= 0.6 is 0 Å². The monoisotopic (exact) mass is 235 g/mol. The molecule has 0 aromatic carbocycles. The van der Waals surface area contributed by atoms with Crippen molar-refractivity contribution >= 4 is 0 Å². The Kier molecular flexibility index (Phi) is 2.90. The Morgan fingerprint density at radius 2 is 2.24 bits per heavy atom. The van der Waals surface area contributed by atoms with Crippen LogP contribution in [0.1, 0.15) is 11.5 Å². The van der Waals surface area contributed by atoms with E-state index in [1.54, 1.807) is 18.7 Å². The SMILES string of the molecule is COc1nc(C)cc(=O)n1Cc1ncnn1C. The molecule has 90 valence electrons. The van der Waals surface area contributed by atoms with Crippen LogP contribution in [-0.4, -0.2) is 31.4 Å². The zero-order valence-electron chi connectivity index (χ0n) is 9.91. The first-order valence-corrected chi connectivity index (χ1v) is 5.07. The van der Waals surface area contributed by atoms with E-state index in [1.165, 1.54) is 24.1 Å². The summed E-state index contributed by atoms with van der Waals surface area (Å²) in [6.07, 6.45) is 1.44. The summed E-state index contributed by atoms with van der Waals surface area (Å²) in [6, 6.07) is 1.73. The third-order valence-electron chi connectivity index (χ3n) is 2.39. The first-order valence-electron chi connectivity index (χ1n) is 5.07. The van der Waals surface area contributed by atoms with Gasteiger partial charge in [0.2, 0.25) is 0 Å². The molecule has 2 aromatic rings. The minimum Gasteiger partial charge on any atom is -0.468 e. The van der Waals surface area contributed by atoms with Crippen LogP contribution in [0.2, 0.25) is 0 Å². The average Bonchev–Trinajstić information content (AvgIpc) is 2.68. The minimum atomic E-state index is -0.169. The van der Waals surface area contributed by atoms with Crippen molar-refractivity contribution in [1.29, 1.82) is 0 Å². The predicted molar refractivity (Wildman–Crippen MR) is 59.9 cm³/mol. The molecule has 0 aliphatic rings. The molecule has 0 saturated carbocycles. The summed E-state index contributed by atoms with van der Waals surface area (Å²) < 4.78 is 8.11. The number of rotatable bonds is 3. The van der Waals surface area contributed by atoms with E-state index >= 15 is 0 Å². The molecular weight excluding hydrogens is 222 g/mol. The maximum absolute atomic E-state index is 11.8. The minimum absolute atomic E-state index is 0.169. The van der Waals surface area contributed by atoms with Gasteiger partial charge in [-0.05, 0) is 6.92 Å². The second kappa shape index (κ2) is 4.36. The Morgan fingerprint density at radius 3 is 2.82 bits per heavy atom. The van der Waals surface area contributed by atoms with Crippen molar-refractivity contribution in [1.82, 2.24) is 24.3 Å². The smallest absolute Gasteiger partial charge is 0.299 e. The number of ether oxygens (including phenoxy) is 1. The number of aryl methyl sites for hydroxylation is 2. The molecule has 0 saturated heterocycles. The van der Waals surface area contributed by atoms with Crippen molar-refractivity contribution < 1.29 is 4.74 Å². The molecule has 0 fully saturated rings. The molecular formula is C10H13N5O2.